The number of rotatable bonds is 5. The molecule has 0 aromatic heterocycles. The van der Waals surface area contributed by atoms with Gasteiger partial charge in [0.25, 0.3) is 0 Å². The van der Waals surface area contributed by atoms with Gasteiger partial charge in [0, 0.05) is 23.0 Å². The van der Waals surface area contributed by atoms with E-state index in [1.807, 2.05) is 0 Å². The van der Waals surface area contributed by atoms with Crippen molar-refractivity contribution in [3.8, 4) is 0 Å². The summed E-state index contributed by atoms with van der Waals surface area (Å²) in [7, 11) is -3.24. The Morgan fingerprint density at radius 1 is 1.42 bits per heavy atom. The minimum Gasteiger partial charge on any atom is -0.478 e. The summed E-state index contributed by atoms with van der Waals surface area (Å²) in [6.07, 6.45) is 1.16. The molecule has 0 fully saturated rings. The maximum absolute atomic E-state index is 11.6. The molecule has 0 bridgehead atoms. The molecule has 106 valence electrons. The number of anilines is 1. The quantitative estimate of drug-likeness (QED) is 0.852. The molecule has 1 aromatic carbocycles. The Bertz CT molecular complexity index is 596. The molecule has 19 heavy (non-hydrogen) atoms. The van der Waals surface area contributed by atoms with E-state index in [0.717, 1.165) is 6.26 Å². The van der Waals surface area contributed by atoms with Crippen molar-refractivity contribution in [2.75, 3.05) is 18.1 Å². The van der Waals surface area contributed by atoms with Gasteiger partial charge in [0.2, 0.25) is 0 Å². The third-order valence-corrected chi connectivity index (χ3v) is 5.75. The number of carboxylic acid groups (broad SMARTS) is 1. The summed E-state index contributed by atoms with van der Waals surface area (Å²) >= 11 is 3.17. The number of aromatic carboxylic acids is 1. The lowest BCUT2D eigenvalue weighted by Gasteiger charge is -2.24. The maximum atomic E-state index is 11.6. The van der Waals surface area contributed by atoms with Crippen molar-refractivity contribution < 1.29 is 18.3 Å². The van der Waals surface area contributed by atoms with Crippen LogP contribution in [0.1, 0.15) is 24.2 Å². The molecule has 1 aromatic rings. The van der Waals surface area contributed by atoms with E-state index in [9.17, 15) is 13.2 Å². The van der Waals surface area contributed by atoms with Gasteiger partial charge in [-0.1, -0.05) is 6.07 Å². The number of hydrogen-bond donors (Lipinski definition) is 2. The second-order valence-electron chi connectivity index (χ2n) is 4.85. The van der Waals surface area contributed by atoms with Gasteiger partial charge in [0.15, 0.2) is 9.84 Å². The summed E-state index contributed by atoms with van der Waals surface area (Å²) in [4.78, 5) is 11.2. The van der Waals surface area contributed by atoms with Gasteiger partial charge in [-0.15, -0.1) is 0 Å². The second kappa shape index (κ2) is 5.50. The van der Waals surface area contributed by atoms with Gasteiger partial charge in [-0.3, -0.25) is 0 Å². The lowest BCUT2D eigenvalue weighted by molar-refractivity contribution is 0.0697. The number of benzene rings is 1. The van der Waals surface area contributed by atoms with Gasteiger partial charge >= 0.3 is 5.97 Å². The molecule has 0 aliphatic rings. The molecule has 0 radical (unpaired) electrons. The topological polar surface area (TPSA) is 83.5 Å². The first-order valence-corrected chi connectivity index (χ1v) is 8.20. The van der Waals surface area contributed by atoms with E-state index in [0.29, 0.717) is 10.2 Å². The summed E-state index contributed by atoms with van der Waals surface area (Å²) in [5.74, 6) is -1.08. The van der Waals surface area contributed by atoms with Crippen LogP contribution in [0.25, 0.3) is 0 Å². The average Bonchev–Trinajstić information content (AvgIpc) is 2.24. The van der Waals surface area contributed by atoms with E-state index in [-0.39, 0.29) is 12.1 Å². The van der Waals surface area contributed by atoms with Gasteiger partial charge in [-0.05, 0) is 41.9 Å². The van der Waals surface area contributed by atoms with Crippen LogP contribution in [0.15, 0.2) is 22.7 Å². The Kier molecular flexibility index (Phi) is 4.63. The van der Waals surface area contributed by atoms with Crippen molar-refractivity contribution >= 4 is 37.4 Å². The normalized spacial score (nSPS) is 12.2. The molecular weight excluding hydrogens is 334 g/mol. The highest BCUT2D eigenvalue weighted by atomic mass is 79.9. The summed E-state index contributed by atoms with van der Waals surface area (Å²) in [5, 5.41) is 12.0. The minimum absolute atomic E-state index is 0.0896. The number of nitrogens with one attached hydrogen (secondary N) is 1. The van der Waals surface area contributed by atoms with Crippen LogP contribution in [0.4, 0.5) is 5.69 Å². The zero-order chi connectivity index (χ0) is 14.8. The van der Waals surface area contributed by atoms with E-state index in [1.165, 1.54) is 0 Å². The molecule has 0 saturated carbocycles. The van der Waals surface area contributed by atoms with Crippen molar-refractivity contribution in [2.24, 2.45) is 0 Å². The maximum Gasteiger partial charge on any atom is 0.338 e. The molecule has 0 heterocycles. The second-order valence-corrected chi connectivity index (χ2v) is 8.36. The largest absolute Gasteiger partial charge is 0.478 e. The third kappa shape index (κ3) is 3.70. The van der Waals surface area contributed by atoms with Crippen LogP contribution in [0.2, 0.25) is 0 Å². The first-order valence-electron chi connectivity index (χ1n) is 5.51. The fourth-order valence-electron chi connectivity index (χ4n) is 1.33. The van der Waals surface area contributed by atoms with E-state index in [2.05, 4.69) is 21.2 Å². The molecule has 7 heteroatoms. The summed E-state index contributed by atoms with van der Waals surface area (Å²) < 4.78 is 22.7. The molecule has 0 unspecified atom stereocenters. The van der Waals surface area contributed by atoms with E-state index >= 15 is 0 Å². The number of sulfone groups is 1. The lowest BCUT2D eigenvalue weighted by atomic mass is 10.1. The van der Waals surface area contributed by atoms with Crippen molar-refractivity contribution in [1.82, 2.24) is 0 Å². The van der Waals surface area contributed by atoms with Crippen LogP contribution in [0, 0.1) is 0 Å². The van der Waals surface area contributed by atoms with E-state index in [1.54, 1.807) is 32.0 Å². The smallest absolute Gasteiger partial charge is 0.338 e. The van der Waals surface area contributed by atoms with Gasteiger partial charge in [-0.25, -0.2) is 13.2 Å². The van der Waals surface area contributed by atoms with Crippen LogP contribution >= 0.6 is 15.9 Å². The molecule has 0 amide bonds. The summed E-state index contributed by atoms with van der Waals surface area (Å²) in [5.41, 5.74) is 0.477. The predicted molar refractivity (Wildman–Crippen MR) is 78.5 cm³/mol. The molecule has 0 aliphatic heterocycles. The van der Waals surface area contributed by atoms with Gasteiger partial charge in [0.1, 0.15) is 0 Å². The first kappa shape index (κ1) is 16.0. The van der Waals surface area contributed by atoms with Crippen molar-refractivity contribution in [3.05, 3.63) is 28.2 Å². The Morgan fingerprint density at radius 3 is 2.47 bits per heavy atom. The SMILES string of the molecule is CC(C)(CNc1cccc(Br)c1C(=O)O)S(C)(=O)=O. The van der Waals surface area contributed by atoms with Gasteiger partial charge in [-0.2, -0.15) is 0 Å². The van der Waals surface area contributed by atoms with Crippen LogP contribution in [0.3, 0.4) is 0 Å². The average molecular weight is 350 g/mol. The highest BCUT2D eigenvalue weighted by molar-refractivity contribution is 9.10. The monoisotopic (exact) mass is 349 g/mol. The fraction of sp³-hybridized carbons (Fsp3) is 0.417. The van der Waals surface area contributed by atoms with Crippen LogP contribution in [-0.4, -0.2) is 37.0 Å². The zero-order valence-electron chi connectivity index (χ0n) is 10.9. The van der Waals surface area contributed by atoms with Crippen LogP contribution < -0.4 is 5.32 Å². The van der Waals surface area contributed by atoms with Crippen molar-refractivity contribution in [1.29, 1.82) is 0 Å². The molecule has 0 spiro atoms. The summed E-state index contributed by atoms with van der Waals surface area (Å²) in [6, 6.07) is 4.91. The molecule has 5 nitrogen and oxygen atoms in total. The predicted octanol–water partition coefficient (Wildman–Crippen LogP) is 2.38. The third-order valence-electron chi connectivity index (χ3n) is 2.94. The Morgan fingerprint density at radius 2 is 2.00 bits per heavy atom. The number of halogens is 1. The van der Waals surface area contributed by atoms with Crippen molar-refractivity contribution in [3.63, 3.8) is 0 Å². The van der Waals surface area contributed by atoms with Crippen LogP contribution in [-0.2, 0) is 9.84 Å². The summed E-state index contributed by atoms with van der Waals surface area (Å²) in [6.45, 7) is 3.31. The standard InChI is InChI=1S/C12H16BrNO4S/c1-12(2,19(3,17)18)7-14-9-6-4-5-8(13)10(9)11(15)16/h4-6,14H,7H2,1-3H3,(H,15,16). The molecular formula is C12H16BrNO4S. The number of hydrogen-bond acceptors (Lipinski definition) is 4. The number of carboxylic acids is 1. The molecule has 1 rings (SSSR count). The van der Waals surface area contributed by atoms with Gasteiger partial charge < -0.3 is 10.4 Å². The van der Waals surface area contributed by atoms with Crippen LogP contribution in [0.5, 0.6) is 0 Å². The minimum atomic E-state index is -3.24. The first-order chi connectivity index (χ1) is 8.56. The lowest BCUT2D eigenvalue weighted by Crippen LogP contribution is -2.38. The molecule has 0 aliphatic carbocycles. The Labute approximate surface area is 121 Å². The Balaban J connectivity index is 3.03. The van der Waals surface area contributed by atoms with Crippen molar-refractivity contribution in [2.45, 2.75) is 18.6 Å². The molecule has 2 N–H and O–H groups in total. The molecule has 0 saturated heterocycles. The number of carbonyl (C=O) groups is 1. The zero-order valence-corrected chi connectivity index (χ0v) is 13.3. The Hall–Kier alpha value is -1.08. The van der Waals surface area contributed by atoms with E-state index < -0.39 is 20.6 Å². The highest BCUT2D eigenvalue weighted by Crippen LogP contribution is 2.26. The highest BCUT2D eigenvalue weighted by Gasteiger charge is 2.30. The fourth-order valence-corrected chi connectivity index (χ4v) is 2.20. The van der Waals surface area contributed by atoms with Gasteiger partial charge in [0.05, 0.1) is 10.3 Å². The van der Waals surface area contributed by atoms with E-state index in [4.69, 9.17) is 5.11 Å². The molecule has 0 atom stereocenters.